The van der Waals surface area contributed by atoms with Crippen LogP contribution in [0.2, 0.25) is 0 Å². The molecule has 6 heteroatoms. The summed E-state index contributed by atoms with van der Waals surface area (Å²) in [6.45, 7) is 0. The number of ether oxygens (including phenoxy) is 2. The maximum Gasteiger partial charge on any atom is 0.391 e. The van der Waals surface area contributed by atoms with Crippen molar-refractivity contribution in [1.29, 1.82) is 0 Å². The topological polar surface area (TPSA) is 38.7 Å². The SMILES string of the molecule is COc1ccc(C2(O)CCCC(C(F)(F)F)C2)cc1OC. The van der Waals surface area contributed by atoms with Crippen LogP contribution in [-0.4, -0.2) is 25.5 Å². The molecule has 2 rings (SSSR count). The van der Waals surface area contributed by atoms with E-state index < -0.39 is 17.7 Å². The Morgan fingerprint density at radius 1 is 1.19 bits per heavy atom. The number of rotatable bonds is 3. The van der Waals surface area contributed by atoms with E-state index in [4.69, 9.17) is 9.47 Å². The minimum Gasteiger partial charge on any atom is -0.493 e. The van der Waals surface area contributed by atoms with Crippen LogP contribution >= 0.6 is 0 Å². The average molecular weight is 304 g/mol. The molecule has 1 N–H and O–H groups in total. The lowest BCUT2D eigenvalue weighted by atomic mass is 9.74. The van der Waals surface area contributed by atoms with E-state index >= 15 is 0 Å². The van der Waals surface area contributed by atoms with E-state index in [1.165, 1.54) is 14.2 Å². The van der Waals surface area contributed by atoms with Crippen molar-refractivity contribution in [2.45, 2.75) is 37.5 Å². The third-order valence-corrected chi connectivity index (χ3v) is 4.11. The molecule has 0 amide bonds. The molecule has 1 aliphatic rings. The second-order valence-electron chi connectivity index (χ2n) is 5.44. The van der Waals surface area contributed by atoms with Gasteiger partial charge in [-0.15, -0.1) is 0 Å². The van der Waals surface area contributed by atoms with Crippen molar-refractivity contribution in [1.82, 2.24) is 0 Å². The van der Waals surface area contributed by atoms with Crippen molar-refractivity contribution >= 4 is 0 Å². The molecule has 118 valence electrons. The van der Waals surface area contributed by atoms with Gasteiger partial charge < -0.3 is 14.6 Å². The van der Waals surface area contributed by atoms with Gasteiger partial charge in [-0.25, -0.2) is 0 Å². The molecule has 2 unspecified atom stereocenters. The van der Waals surface area contributed by atoms with Crippen LogP contribution in [0.25, 0.3) is 0 Å². The van der Waals surface area contributed by atoms with E-state index in [0.717, 1.165) is 0 Å². The summed E-state index contributed by atoms with van der Waals surface area (Å²) in [6, 6.07) is 4.75. The molecule has 0 aliphatic heterocycles. The van der Waals surface area contributed by atoms with Gasteiger partial charge in [-0.1, -0.05) is 6.07 Å². The Morgan fingerprint density at radius 2 is 1.86 bits per heavy atom. The van der Waals surface area contributed by atoms with Gasteiger partial charge in [-0.3, -0.25) is 0 Å². The largest absolute Gasteiger partial charge is 0.493 e. The summed E-state index contributed by atoms with van der Waals surface area (Å²) in [5.74, 6) is -0.588. The van der Waals surface area contributed by atoms with E-state index in [2.05, 4.69) is 0 Å². The highest BCUT2D eigenvalue weighted by molar-refractivity contribution is 5.44. The molecule has 0 radical (unpaired) electrons. The van der Waals surface area contributed by atoms with Gasteiger partial charge in [0.25, 0.3) is 0 Å². The first kappa shape index (κ1) is 15.9. The van der Waals surface area contributed by atoms with Crippen molar-refractivity contribution in [3.63, 3.8) is 0 Å². The quantitative estimate of drug-likeness (QED) is 0.926. The third kappa shape index (κ3) is 3.26. The number of alkyl halides is 3. The number of hydrogen-bond acceptors (Lipinski definition) is 3. The van der Waals surface area contributed by atoms with Crippen molar-refractivity contribution in [3.05, 3.63) is 23.8 Å². The van der Waals surface area contributed by atoms with E-state index in [-0.39, 0.29) is 12.8 Å². The Labute approximate surface area is 121 Å². The Hall–Kier alpha value is -1.43. The second kappa shape index (κ2) is 5.75. The second-order valence-corrected chi connectivity index (χ2v) is 5.44. The Bertz CT molecular complexity index is 501. The van der Waals surface area contributed by atoms with Gasteiger partial charge in [0.05, 0.1) is 25.7 Å². The lowest BCUT2D eigenvalue weighted by Crippen LogP contribution is -2.38. The van der Waals surface area contributed by atoms with E-state index in [1.54, 1.807) is 18.2 Å². The van der Waals surface area contributed by atoms with Crippen molar-refractivity contribution < 1.29 is 27.8 Å². The van der Waals surface area contributed by atoms with Crippen LogP contribution in [0.5, 0.6) is 11.5 Å². The fraction of sp³-hybridized carbons (Fsp3) is 0.600. The van der Waals surface area contributed by atoms with Gasteiger partial charge in [-0.05, 0) is 43.4 Å². The van der Waals surface area contributed by atoms with Gasteiger partial charge in [0.15, 0.2) is 11.5 Å². The fourth-order valence-electron chi connectivity index (χ4n) is 2.92. The van der Waals surface area contributed by atoms with Gasteiger partial charge in [0, 0.05) is 0 Å². The molecule has 0 spiro atoms. The molecule has 1 aromatic carbocycles. The number of halogens is 3. The lowest BCUT2D eigenvalue weighted by Gasteiger charge is -2.38. The number of methoxy groups -OCH3 is 2. The molecule has 3 nitrogen and oxygen atoms in total. The molecule has 21 heavy (non-hydrogen) atoms. The van der Waals surface area contributed by atoms with Gasteiger partial charge in [0.2, 0.25) is 0 Å². The zero-order valence-electron chi connectivity index (χ0n) is 12.0. The number of aliphatic hydroxyl groups is 1. The monoisotopic (exact) mass is 304 g/mol. The molecule has 1 aromatic rings. The van der Waals surface area contributed by atoms with Crippen LogP contribution in [0, 0.1) is 5.92 Å². The van der Waals surface area contributed by atoms with Crippen LogP contribution in [0.3, 0.4) is 0 Å². The summed E-state index contributed by atoms with van der Waals surface area (Å²) in [4.78, 5) is 0. The number of benzene rings is 1. The summed E-state index contributed by atoms with van der Waals surface area (Å²) >= 11 is 0. The first-order valence-electron chi connectivity index (χ1n) is 6.82. The standard InChI is InChI=1S/C15H19F3O3/c1-20-12-6-5-10(8-13(12)21-2)14(19)7-3-4-11(9-14)15(16,17)18/h5-6,8,11,19H,3-4,7,9H2,1-2H3. The molecule has 0 aromatic heterocycles. The predicted molar refractivity (Wildman–Crippen MR) is 71.5 cm³/mol. The molecular weight excluding hydrogens is 285 g/mol. The molecule has 1 aliphatic carbocycles. The molecule has 0 saturated heterocycles. The van der Waals surface area contributed by atoms with Gasteiger partial charge in [0.1, 0.15) is 0 Å². The summed E-state index contributed by atoms with van der Waals surface area (Å²) in [5, 5.41) is 10.7. The average Bonchev–Trinajstić information content (AvgIpc) is 2.45. The summed E-state index contributed by atoms with van der Waals surface area (Å²) in [6.07, 6.45) is -3.86. The van der Waals surface area contributed by atoms with Crippen molar-refractivity contribution in [3.8, 4) is 11.5 Å². The highest BCUT2D eigenvalue weighted by atomic mass is 19.4. The smallest absolute Gasteiger partial charge is 0.391 e. The lowest BCUT2D eigenvalue weighted by molar-refractivity contribution is -0.201. The van der Waals surface area contributed by atoms with E-state index in [9.17, 15) is 18.3 Å². The van der Waals surface area contributed by atoms with E-state index in [1.807, 2.05) is 0 Å². The van der Waals surface area contributed by atoms with Crippen LogP contribution in [0.15, 0.2) is 18.2 Å². The molecule has 1 saturated carbocycles. The van der Waals surface area contributed by atoms with Crippen LogP contribution in [0.1, 0.15) is 31.2 Å². The Kier molecular flexibility index (Phi) is 4.37. The number of hydrogen-bond donors (Lipinski definition) is 1. The molecule has 2 atom stereocenters. The van der Waals surface area contributed by atoms with Crippen molar-refractivity contribution in [2.75, 3.05) is 14.2 Å². The van der Waals surface area contributed by atoms with Crippen LogP contribution in [0.4, 0.5) is 13.2 Å². The summed E-state index contributed by atoms with van der Waals surface area (Å²) in [7, 11) is 2.93. The van der Waals surface area contributed by atoms with Gasteiger partial charge >= 0.3 is 6.18 Å². The highest BCUT2D eigenvalue weighted by Gasteiger charge is 2.47. The van der Waals surface area contributed by atoms with Gasteiger partial charge in [-0.2, -0.15) is 13.2 Å². The Morgan fingerprint density at radius 3 is 2.43 bits per heavy atom. The summed E-state index contributed by atoms with van der Waals surface area (Å²) < 4.78 is 49.0. The minimum atomic E-state index is -4.27. The highest BCUT2D eigenvalue weighted by Crippen LogP contribution is 2.47. The summed E-state index contributed by atoms with van der Waals surface area (Å²) in [5.41, 5.74) is -1.04. The third-order valence-electron chi connectivity index (χ3n) is 4.11. The van der Waals surface area contributed by atoms with E-state index in [0.29, 0.717) is 29.9 Å². The minimum absolute atomic E-state index is 0.0686. The molecule has 1 fully saturated rings. The zero-order chi connectivity index (χ0) is 15.7. The predicted octanol–water partition coefficient (Wildman–Crippen LogP) is 3.64. The maximum absolute atomic E-state index is 12.9. The normalized spacial score (nSPS) is 26.5. The zero-order valence-corrected chi connectivity index (χ0v) is 12.0. The van der Waals surface area contributed by atoms with Crippen LogP contribution in [-0.2, 0) is 5.60 Å². The first-order valence-corrected chi connectivity index (χ1v) is 6.82. The Balaban J connectivity index is 2.31. The molecule has 0 bridgehead atoms. The van der Waals surface area contributed by atoms with Crippen molar-refractivity contribution in [2.24, 2.45) is 5.92 Å². The fourth-order valence-corrected chi connectivity index (χ4v) is 2.92. The molecular formula is C15H19F3O3. The van der Waals surface area contributed by atoms with Crippen LogP contribution < -0.4 is 9.47 Å². The molecule has 0 heterocycles. The maximum atomic E-state index is 12.9. The first-order chi connectivity index (χ1) is 9.80.